The van der Waals surface area contributed by atoms with Crippen LogP contribution in [0.25, 0.3) is 0 Å². The van der Waals surface area contributed by atoms with E-state index in [2.05, 4.69) is 6.92 Å². The van der Waals surface area contributed by atoms with E-state index in [1.165, 1.54) is 12.8 Å². The van der Waals surface area contributed by atoms with E-state index in [-0.39, 0.29) is 17.4 Å². The molecule has 0 aromatic heterocycles. The molecule has 0 amide bonds. The molecule has 0 unspecified atom stereocenters. The highest BCUT2D eigenvalue weighted by Gasteiger charge is 2.31. The summed E-state index contributed by atoms with van der Waals surface area (Å²) in [4.78, 5) is 0. The van der Waals surface area contributed by atoms with Gasteiger partial charge in [-0.15, -0.1) is 46.4 Å². The van der Waals surface area contributed by atoms with Gasteiger partial charge in [0.2, 0.25) is 0 Å². The van der Waals surface area contributed by atoms with E-state index >= 15 is 0 Å². The summed E-state index contributed by atoms with van der Waals surface area (Å²) in [6.45, 7) is 1.96. The summed E-state index contributed by atoms with van der Waals surface area (Å²) < 4.78 is -1.00. The van der Waals surface area contributed by atoms with E-state index in [4.69, 9.17) is 74.7 Å². The van der Waals surface area contributed by atoms with Crippen LogP contribution in [0.2, 0.25) is 0 Å². The van der Waals surface area contributed by atoms with Crippen molar-refractivity contribution in [2.45, 2.75) is 129 Å². The first kappa shape index (κ1) is 31.7. The van der Waals surface area contributed by atoms with Gasteiger partial charge in [-0.1, -0.05) is 94.3 Å². The van der Waals surface area contributed by atoms with Gasteiger partial charge in [0.1, 0.15) is 4.33 Å². The van der Waals surface area contributed by atoms with E-state index in [1.54, 1.807) is 0 Å². The third-order valence-corrected chi connectivity index (χ3v) is 8.03. The first-order valence-corrected chi connectivity index (χ1v) is 13.9. The highest BCUT2D eigenvalue weighted by atomic mass is 35.5. The van der Waals surface area contributed by atoms with E-state index < -0.39 is 21.2 Å². The minimum Gasteiger partial charge on any atom is -0.393 e. The van der Waals surface area contributed by atoms with Gasteiger partial charge in [-0.3, -0.25) is 0 Å². The Bertz CT molecular complexity index is 400. The van der Waals surface area contributed by atoms with Gasteiger partial charge in [-0.2, -0.15) is 0 Å². The van der Waals surface area contributed by atoms with Gasteiger partial charge < -0.3 is 10.2 Å². The smallest absolute Gasteiger partial charge is 0.141 e. The molecule has 0 bridgehead atoms. The molecule has 0 aromatic carbocycles. The quantitative estimate of drug-likeness (QED) is 0.118. The molecule has 8 heteroatoms. The van der Waals surface area contributed by atoms with Gasteiger partial charge in [-0.25, -0.2) is 0 Å². The van der Waals surface area contributed by atoms with Crippen LogP contribution in [0.1, 0.15) is 96.8 Å². The van der Waals surface area contributed by atoms with Crippen LogP contribution in [0.3, 0.4) is 0 Å². The number of aliphatic hydroxyl groups is 2. The molecule has 2 nitrogen and oxygen atoms in total. The van der Waals surface area contributed by atoms with E-state index in [1.807, 2.05) is 0 Å². The van der Waals surface area contributed by atoms with Crippen molar-refractivity contribution >= 4 is 69.6 Å². The van der Waals surface area contributed by atoms with Crippen LogP contribution in [-0.2, 0) is 0 Å². The molecule has 0 aliphatic rings. The molecule has 0 radical (unpaired) electrons. The van der Waals surface area contributed by atoms with Gasteiger partial charge in [0, 0.05) is 5.38 Å². The number of unbranched alkanes of at least 4 members (excludes halogenated alkanes) is 8. The SMILES string of the molecule is CCCCCC[C@@H](Cl)[C@@H](Cl)[C@@H](O)[C@H](Cl)C[C@@H](Cl)CCCCCCCCC(Cl)(Cl)CO. The Morgan fingerprint density at radius 3 is 1.87 bits per heavy atom. The Labute approximate surface area is 214 Å². The molecule has 30 heavy (non-hydrogen) atoms. The van der Waals surface area contributed by atoms with Crippen molar-refractivity contribution < 1.29 is 10.2 Å². The number of aliphatic hydroxyl groups excluding tert-OH is 2. The Morgan fingerprint density at radius 2 is 1.27 bits per heavy atom. The summed E-state index contributed by atoms with van der Waals surface area (Å²) in [5, 5.41) is 18.0. The van der Waals surface area contributed by atoms with Crippen LogP contribution in [0, 0.1) is 0 Å². The topological polar surface area (TPSA) is 40.5 Å². The van der Waals surface area contributed by atoms with Crippen molar-refractivity contribution in [1.82, 2.24) is 0 Å². The Morgan fingerprint density at radius 1 is 0.733 bits per heavy atom. The largest absolute Gasteiger partial charge is 0.393 e. The van der Waals surface area contributed by atoms with Gasteiger partial charge in [0.25, 0.3) is 0 Å². The fraction of sp³-hybridized carbons (Fsp3) is 1.00. The van der Waals surface area contributed by atoms with Crippen LogP contribution in [0.4, 0.5) is 0 Å². The average Bonchev–Trinajstić information content (AvgIpc) is 2.71. The minimum absolute atomic E-state index is 0.0815. The molecule has 0 aliphatic heterocycles. The van der Waals surface area contributed by atoms with Crippen LogP contribution < -0.4 is 0 Å². The maximum atomic E-state index is 10.4. The van der Waals surface area contributed by atoms with Crippen molar-refractivity contribution in [1.29, 1.82) is 0 Å². The molecule has 2 N–H and O–H groups in total. The second kappa shape index (κ2) is 19.0. The lowest BCUT2D eigenvalue weighted by Gasteiger charge is -2.26. The highest BCUT2D eigenvalue weighted by molar-refractivity contribution is 6.48. The molecular formula is C22H40Cl6O2. The summed E-state index contributed by atoms with van der Waals surface area (Å²) >= 11 is 37.3. The number of hydrogen-bond acceptors (Lipinski definition) is 2. The standard InChI is InChI=1S/C22H40Cl6O2/c1-2-3-4-10-13-18(24)20(26)21(30)19(25)15-17(23)12-9-7-5-6-8-11-14-22(27,28)16-29/h17-21,29-30H,2-16H2,1H3/t17-,18+,19+,20+,21-/m0/s1. The molecule has 0 saturated carbocycles. The monoisotopic (exact) mass is 546 g/mol. The number of halogens is 6. The lowest BCUT2D eigenvalue weighted by molar-refractivity contribution is 0.156. The highest BCUT2D eigenvalue weighted by Crippen LogP contribution is 2.29. The molecule has 0 aliphatic carbocycles. The zero-order chi connectivity index (χ0) is 23.0. The average molecular weight is 549 g/mol. The Hall–Kier alpha value is 1.66. The predicted molar refractivity (Wildman–Crippen MR) is 136 cm³/mol. The minimum atomic E-state index is -1.00. The van der Waals surface area contributed by atoms with E-state index in [9.17, 15) is 5.11 Å². The molecule has 0 spiro atoms. The van der Waals surface area contributed by atoms with Gasteiger partial charge >= 0.3 is 0 Å². The van der Waals surface area contributed by atoms with Gasteiger partial charge in [0.15, 0.2) is 0 Å². The Kier molecular flexibility index (Phi) is 20.1. The predicted octanol–water partition coefficient (Wildman–Crippen LogP) is 8.42. The van der Waals surface area contributed by atoms with E-state index in [0.29, 0.717) is 12.8 Å². The van der Waals surface area contributed by atoms with Crippen molar-refractivity contribution in [2.75, 3.05) is 6.61 Å². The third kappa shape index (κ3) is 16.3. The fourth-order valence-corrected chi connectivity index (χ4v) is 5.13. The van der Waals surface area contributed by atoms with Crippen LogP contribution in [-0.4, -0.2) is 48.8 Å². The van der Waals surface area contributed by atoms with E-state index in [0.717, 1.165) is 64.2 Å². The van der Waals surface area contributed by atoms with Crippen molar-refractivity contribution in [3.8, 4) is 0 Å². The second-order valence-electron chi connectivity index (χ2n) is 8.32. The Balaban J connectivity index is 3.87. The van der Waals surface area contributed by atoms with Crippen LogP contribution >= 0.6 is 69.6 Å². The number of rotatable bonds is 20. The first-order chi connectivity index (χ1) is 14.1. The maximum Gasteiger partial charge on any atom is 0.141 e. The van der Waals surface area contributed by atoms with Crippen molar-refractivity contribution in [3.05, 3.63) is 0 Å². The van der Waals surface area contributed by atoms with Crippen LogP contribution in [0.15, 0.2) is 0 Å². The van der Waals surface area contributed by atoms with Crippen LogP contribution in [0.5, 0.6) is 0 Å². The summed E-state index contributed by atoms with van der Waals surface area (Å²) in [5.74, 6) is 0. The molecule has 0 fully saturated rings. The third-order valence-electron chi connectivity index (χ3n) is 5.40. The fourth-order valence-electron chi connectivity index (χ4n) is 3.38. The number of alkyl halides is 6. The molecule has 0 aromatic rings. The zero-order valence-corrected chi connectivity index (χ0v) is 22.7. The maximum absolute atomic E-state index is 10.4. The zero-order valence-electron chi connectivity index (χ0n) is 18.2. The summed E-state index contributed by atoms with van der Waals surface area (Å²) in [6, 6.07) is 0. The molecule has 0 heterocycles. The van der Waals surface area contributed by atoms with Gasteiger partial charge in [0.05, 0.1) is 28.8 Å². The molecule has 182 valence electrons. The molecule has 0 rings (SSSR count). The van der Waals surface area contributed by atoms with Crippen molar-refractivity contribution in [2.24, 2.45) is 0 Å². The summed E-state index contributed by atoms with van der Waals surface area (Å²) in [7, 11) is 0. The lowest BCUT2D eigenvalue weighted by atomic mass is 10.00. The number of hydrogen-bond donors (Lipinski definition) is 2. The van der Waals surface area contributed by atoms with Gasteiger partial charge in [-0.05, 0) is 25.7 Å². The first-order valence-electron chi connectivity index (χ1n) is 11.4. The van der Waals surface area contributed by atoms with Crippen molar-refractivity contribution in [3.63, 3.8) is 0 Å². The second-order valence-corrected chi connectivity index (χ2v) is 12.2. The normalized spacial score (nSPS) is 17.5. The molecule has 0 saturated heterocycles. The molecular weight excluding hydrogens is 509 g/mol. The lowest BCUT2D eigenvalue weighted by Crippen LogP contribution is -2.37. The summed E-state index contributed by atoms with van der Waals surface area (Å²) in [5.41, 5.74) is 0. The molecule has 5 atom stereocenters. The summed E-state index contributed by atoms with van der Waals surface area (Å²) in [6.07, 6.45) is 12.8.